The van der Waals surface area contributed by atoms with Gasteiger partial charge in [0.25, 0.3) is 5.89 Å². The number of nitrogens with zero attached hydrogens (tertiary/aromatic N) is 4. The van der Waals surface area contributed by atoms with Crippen molar-refractivity contribution in [2.45, 2.75) is 11.3 Å². The van der Waals surface area contributed by atoms with Crippen LogP contribution in [0, 0.1) is 11.3 Å². The molecule has 33 heavy (non-hydrogen) atoms. The molecule has 2 aromatic heterocycles. The highest BCUT2D eigenvalue weighted by atomic mass is 32.2. The predicted octanol–water partition coefficient (Wildman–Crippen LogP) is 1.60. The van der Waals surface area contributed by atoms with Gasteiger partial charge < -0.3 is 19.1 Å². The molecule has 3 heterocycles. The Hall–Kier alpha value is -3.66. The number of hydrogen-bond donors (Lipinski definition) is 2. The predicted molar refractivity (Wildman–Crippen MR) is 119 cm³/mol. The Labute approximate surface area is 190 Å². The van der Waals surface area contributed by atoms with Crippen LogP contribution in [0.5, 0.6) is 0 Å². The summed E-state index contributed by atoms with van der Waals surface area (Å²) in [6, 6.07) is 11.2. The van der Waals surface area contributed by atoms with Gasteiger partial charge in [-0.15, -0.1) is 0 Å². The first-order valence-electron chi connectivity index (χ1n) is 10.2. The number of sulfonamides is 1. The van der Waals surface area contributed by atoms with E-state index in [4.69, 9.17) is 14.0 Å². The smallest absolute Gasteiger partial charge is 0.266 e. The van der Waals surface area contributed by atoms with E-state index in [2.05, 4.69) is 21.3 Å². The molecule has 12 heteroatoms. The Bertz CT molecular complexity index is 1250. The van der Waals surface area contributed by atoms with Crippen LogP contribution in [0.2, 0.25) is 0 Å². The Morgan fingerprint density at radius 3 is 2.52 bits per heavy atom. The van der Waals surface area contributed by atoms with E-state index in [9.17, 15) is 18.5 Å². The molecule has 1 aromatic carbocycles. The van der Waals surface area contributed by atoms with Crippen LogP contribution in [0.1, 0.15) is 12.1 Å². The first kappa shape index (κ1) is 22.5. The van der Waals surface area contributed by atoms with Crippen molar-refractivity contribution in [3.63, 3.8) is 0 Å². The average Bonchev–Trinajstić information content (AvgIpc) is 3.48. The Morgan fingerprint density at radius 2 is 1.91 bits per heavy atom. The zero-order valence-corrected chi connectivity index (χ0v) is 18.4. The van der Waals surface area contributed by atoms with E-state index in [1.807, 2.05) is 4.90 Å². The topological polar surface area (TPSA) is 159 Å². The Balaban J connectivity index is 1.27. The minimum absolute atomic E-state index is 0.0130. The van der Waals surface area contributed by atoms with E-state index < -0.39 is 10.0 Å². The highest BCUT2D eigenvalue weighted by Crippen LogP contribution is 2.29. The zero-order valence-electron chi connectivity index (χ0n) is 17.6. The lowest BCUT2D eigenvalue weighted by Gasteiger charge is -2.34. The van der Waals surface area contributed by atoms with Gasteiger partial charge in [0.05, 0.1) is 11.2 Å². The number of hydrogen-bond acceptors (Lipinski definition) is 9. The summed E-state index contributed by atoms with van der Waals surface area (Å²) in [6.45, 7) is 3.19. The van der Waals surface area contributed by atoms with E-state index in [1.54, 1.807) is 12.1 Å². The fourth-order valence-electron chi connectivity index (χ4n) is 3.49. The van der Waals surface area contributed by atoms with Crippen LogP contribution in [0.15, 0.2) is 56.4 Å². The maximum atomic E-state index is 12.3. The molecule has 1 aliphatic rings. The third kappa shape index (κ3) is 5.40. The lowest BCUT2D eigenvalue weighted by Crippen LogP contribution is -2.47. The third-order valence-electron chi connectivity index (χ3n) is 5.23. The van der Waals surface area contributed by atoms with Crippen molar-refractivity contribution < 1.29 is 22.0 Å². The van der Waals surface area contributed by atoms with Gasteiger partial charge >= 0.3 is 0 Å². The van der Waals surface area contributed by atoms with Gasteiger partial charge in [0.15, 0.2) is 5.76 Å². The highest BCUT2D eigenvalue weighted by molar-refractivity contribution is 7.89. The summed E-state index contributed by atoms with van der Waals surface area (Å²) in [5.74, 6) is 0.972. The molecular weight excluding hydrogens is 448 g/mol. The van der Waals surface area contributed by atoms with Gasteiger partial charge in [0.2, 0.25) is 27.5 Å². The van der Waals surface area contributed by atoms with Crippen LogP contribution in [-0.4, -0.2) is 56.9 Å². The maximum Gasteiger partial charge on any atom is 0.266 e. The number of carbonyl (C=O) groups excluding carboxylic acids is 1. The van der Waals surface area contributed by atoms with E-state index >= 15 is 0 Å². The number of anilines is 2. The molecule has 1 saturated heterocycles. The molecule has 1 amide bonds. The number of nitrogens with two attached hydrogens (primary N) is 1. The van der Waals surface area contributed by atoms with Crippen molar-refractivity contribution in [3.05, 3.63) is 48.4 Å². The van der Waals surface area contributed by atoms with Crippen LogP contribution in [0.4, 0.5) is 11.6 Å². The van der Waals surface area contributed by atoms with Gasteiger partial charge in [0.1, 0.15) is 6.07 Å². The van der Waals surface area contributed by atoms with Crippen LogP contribution in [0.25, 0.3) is 11.7 Å². The van der Waals surface area contributed by atoms with Crippen LogP contribution in [-0.2, 0) is 14.8 Å². The van der Waals surface area contributed by atoms with Gasteiger partial charge in [-0.3, -0.25) is 9.69 Å². The Kier molecular flexibility index (Phi) is 6.45. The fourth-order valence-corrected chi connectivity index (χ4v) is 4.01. The molecule has 0 spiro atoms. The molecule has 3 aromatic rings. The average molecular weight is 471 g/mol. The first-order valence-corrected chi connectivity index (χ1v) is 11.7. The highest BCUT2D eigenvalue weighted by Gasteiger charge is 2.25. The van der Waals surface area contributed by atoms with Crippen molar-refractivity contribution >= 4 is 27.5 Å². The van der Waals surface area contributed by atoms with Crippen LogP contribution in [0.3, 0.4) is 0 Å². The van der Waals surface area contributed by atoms with Gasteiger partial charge in [-0.05, 0) is 36.4 Å². The van der Waals surface area contributed by atoms with Gasteiger partial charge in [-0.1, -0.05) is 0 Å². The third-order valence-corrected chi connectivity index (χ3v) is 6.16. The summed E-state index contributed by atoms with van der Waals surface area (Å²) < 4.78 is 33.7. The fraction of sp³-hybridized carbons (Fsp3) is 0.286. The molecular formula is C21H22N6O5S. The summed E-state index contributed by atoms with van der Waals surface area (Å²) >= 11 is 0. The molecule has 0 radical (unpaired) electrons. The number of carbonyl (C=O) groups is 1. The Morgan fingerprint density at radius 1 is 1.18 bits per heavy atom. The minimum Gasteiger partial charge on any atom is -0.459 e. The van der Waals surface area contributed by atoms with E-state index in [1.165, 1.54) is 30.5 Å². The molecule has 11 nitrogen and oxygen atoms in total. The summed E-state index contributed by atoms with van der Waals surface area (Å²) in [4.78, 5) is 20.6. The number of oxazole rings is 1. The lowest BCUT2D eigenvalue weighted by molar-refractivity contribution is -0.116. The van der Waals surface area contributed by atoms with E-state index in [0.29, 0.717) is 50.1 Å². The number of amides is 1. The quantitative estimate of drug-likeness (QED) is 0.523. The molecule has 0 aliphatic carbocycles. The summed E-state index contributed by atoms with van der Waals surface area (Å²) in [7, 11) is -3.77. The van der Waals surface area contributed by atoms with Crippen LogP contribution < -0.4 is 15.4 Å². The van der Waals surface area contributed by atoms with Crippen molar-refractivity contribution in [1.29, 1.82) is 5.26 Å². The lowest BCUT2D eigenvalue weighted by atomic mass is 10.2. The number of furan rings is 1. The molecule has 0 unspecified atom stereocenters. The van der Waals surface area contributed by atoms with Gasteiger partial charge in [-0.2, -0.15) is 10.2 Å². The summed E-state index contributed by atoms with van der Waals surface area (Å²) in [5, 5.41) is 17.2. The monoisotopic (exact) mass is 470 g/mol. The molecule has 3 N–H and O–H groups in total. The van der Waals surface area contributed by atoms with E-state index in [0.717, 1.165) is 0 Å². The number of nitrogens with one attached hydrogen (secondary N) is 1. The number of primary sulfonamides is 1. The summed E-state index contributed by atoms with van der Waals surface area (Å²) in [5.41, 5.74) is 0.710. The van der Waals surface area contributed by atoms with E-state index in [-0.39, 0.29) is 28.8 Å². The van der Waals surface area contributed by atoms with Gasteiger partial charge in [-0.25, -0.2) is 13.6 Å². The number of rotatable bonds is 7. The molecule has 172 valence electrons. The normalized spacial score (nSPS) is 14.7. The number of aromatic nitrogens is 1. The standard InChI is InChI=1S/C21H22N6O5S/c22-14-17-21(32-20(25-17)18-2-1-13-31-18)27-11-9-26(10-12-27)8-7-19(28)24-15-3-5-16(6-4-15)33(23,29)30/h1-6,13H,7-12H2,(H,24,28)(H2,23,29,30). The van der Waals surface area contributed by atoms with Crippen LogP contribution >= 0.6 is 0 Å². The second-order valence-corrected chi connectivity index (χ2v) is 9.02. The zero-order chi connectivity index (χ0) is 23.4. The number of nitriles is 1. The second kappa shape index (κ2) is 9.45. The largest absolute Gasteiger partial charge is 0.459 e. The van der Waals surface area contributed by atoms with Gasteiger partial charge in [0, 0.05) is 44.8 Å². The first-order chi connectivity index (χ1) is 15.8. The number of piperazine rings is 1. The number of benzene rings is 1. The SMILES string of the molecule is N#Cc1nc(-c2ccco2)oc1N1CCN(CCC(=O)Nc2ccc(S(N)(=O)=O)cc2)CC1. The van der Waals surface area contributed by atoms with Crippen molar-refractivity contribution in [1.82, 2.24) is 9.88 Å². The van der Waals surface area contributed by atoms with Crippen molar-refractivity contribution in [2.24, 2.45) is 5.14 Å². The molecule has 0 saturated carbocycles. The molecule has 1 fully saturated rings. The van der Waals surface area contributed by atoms with Crippen molar-refractivity contribution in [3.8, 4) is 17.7 Å². The maximum absolute atomic E-state index is 12.3. The minimum atomic E-state index is -3.77. The molecule has 0 atom stereocenters. The second-order valence-electron chi connectivity index (χ2n) is 7.46. The molecule has 4 rings (SSSR count). The van der Waals surface area contributed by atoms with Crippen molar-refractivity contribution in [2.75, 3.05) is 42.9 Å². The molecule has 0 bridgehead atoms. The molecule has 1 aliphatic heterocycles. The summed E-state index contributed by atoms with van der Waals surface area (Å²) in [6.07, 6.45) is 1.80.